The van der Waals surface area contributed by atoms with Crippen LogP contribution in [0.15, 0.2) is 51.8 Å². The summed E-state index contributed by atoms with van der Waals surface area (Å²) in [4.78, 5) is 28.9. The maximum Gasteiger partial charge on any atom is 0.298 e. The molecule has 0 saturated carbocycles. The lowest BCUT2D eigenvalue weighted by atomic mass is 10.1. The van der Waals surface area contributed by atoms with Crippen molar-refractivity contribution in [1.82, 2.24) is 0 Å². The van der Waals surface area contributed by atoms with Crippen molar-refractivity contribution in [3.8, 4) is 0 Å². The van der Waals surface area contributed by atoms with E-state index in [1.807, 2.05) is 18.2 Å². The molecule has 2 amide bonds. The molecule has 0 atom stereocenters. The highest BCUT2D eigenvalue weighted by Gasteiger charge is 2.36. The minimum absolute atomic E-state index is 0.313. The summed E-state index contributed by atoms with van der Waals surface area (Å²) in [6.07, 6.45) is 1.75. The van der Waals surface area contributed by atoms with Gasteiger partial charge in [-0.1, -0.05) is 17.7 Å². The maximum atomic E-state index is 12.7. The predicted molar refractivity (Wildman–Crippen MR) is 118 cm³/mol. The zero-order valence-corrected chi connectivity index (χ0v) is 18.1. The number of nitrogens with zero attached hydrogens (tertiary/aromatic N) is 2. The topological polar surface area (TPSA) is 40.6 Å². The summed E-state index contributed by atoms with van der Waals surface area (Å²) in [5.74, 6) is -0.323. The molecule has 140 valence electrons. The first-order valence-corrected chi connectivity index (χ1v) is 10.5. The number of hydrogen-bond donors (Lipinski definition) is 0. The van der Waals surface area contributed by atoms with Crippen LogP contribution in [-0.2, 0) is 4.79 Å². The summed E-state index contributed by atoms with van der Waals surface area (Å²) in [6.45, 7) is 6.04. The molecule has 2 aromatic rings. The van der Waals surface area contributed by atoms with E-state index in [4.69, 9.17) is 11.6 Å². The minimum Gasteiger partial charge on any atom is -0.371 e. The third kappa shape index (κ3) is 4.23. The molecule has 2 aromatic carbocycles. The Balaban J connectivity index is 1.87. The molecule has 0 aliphatic carbocycles. The number of imide groups is 1. The van der Waals surface area contributed by atoms with Gasteiger partial charge in [0.1, 0.15) is 0 Å². The number of halogens is 2. The third-order valence-electron chi connectivity index (χ3n) is 4.25. The van der Waals surface area contributed by atoms with Crippen molar-refractivity contribution < 1.29 is 9.59 Å². The quantitative estimate of drug-likeness (QED) is 0.494. The first kappa shape index (κ1) is 20.0. The van der Waals surface area contributed by atoms with Crippen LogP contribution in [0.2, 0.25) is 5.02 Å². The summed E-state index contributed by atoms with van der Waals surface area (Å²) in [5, 5.41) is 0.242. The van der Waals surface area contributed by atoms with Crippen LogP contribution < -0.4 is 9.80 Å². The minimum atomic E-state index is -0.323. The van der Waals surface area contributed by atoms with E-state index in [1.165, 1.54) is 4.90 Å². The molecule has 27 heavy (non-hydrogen) atoms. The molecular weight excluding hydrogens is 448 g/mol. The Morgan fingerprint density at radius 3 is 2.37 bits per heavy atom. The Kier molecular flexibility index (Phi) is 6.29. The maximum absolute atomic E-state index is 12.7. The largest absolute Gasteiger partial charge is 0.371 e. The third-order valence-corrected chi connectivity index (χ3v) is 6.01. The monoisotopic (exact) mass is 464 g/mol. The smallest absolute Gasteiger partial charge is 0.298 e. The van der Waals surface area contributed by atoms with Crippen molar-refractivity contribution in [1.29, 1.82) is 0 Å². The Morgan fingerprint density at radius 2 is 1.78 bits per heavy atom. The van der Waals surface area contributed by atoms with Crippen LogP contribution in [0.1, 0.15) is 19.4 Å². The van der Waals surface area contributed by atoms with Gasteiger partial charge in [-0.05, 0) is 89.6 Å². The SMILES string of the molecule is CCN(CC)c1ccc(/C=C2/SC(=O)N(c3ccc(Cl)cc3)C2=O)cc1Br. The highest BCUT2D eigenvalue weighted by Crippen LogP contribution is 2.37. The average molecular weight is 466 g/mol. The summed E-state index contributed by atoms with van der Waals surface area (Å²) < 4.78 is 0.955. The fraction of sp³-hybridized carbons (Fsp3) is 0.200. The van der Waals surface area contributed by atoms with E-state index in [-0.39, 0.29) is 11.1 Å². The molecule has 0 aromatic heterocycles. The van der Waals surface area contributed by atoms with E-state index in [9.17, 15) is 9.59 Å². The Morgan fingerprint density at radius 1 is 1.11 bits per heavy atom. The number of benzene rings is 2. The summed E-state index contributed by atoms with van der Waals surface area (Å²) in [6, 6.07) is 12.6. The highest BCUT2D eigenvalue weighted by atomic mass is 79.9. The second kappa shape index (κ2) is 8.50. The van der Waals surface area contributed by atoms with E-state index in [1.54, 1.807) is 30.3 Å². The van der Waals surface area contributed by atoms with Crippen molar-refractivity contribution in [2.75, 3.05) is 22.9 Å². The van der Waals surface area contributed by atoms with Gasteiger partial charge in [-0.2, -0.15) is 0 Å². The number of carbonyl (C=O) groups is 2. The fourth-order valence-corrected chi connectivity index (χ4v) is 4.48. The number of carbonyl (C=O) groups excluding carboxylic acids is 2. The van der Waals surface area contributed by atoms with Gasteiger partial charge in [-0.15, -0.1) is 0 Å². The van der Waals surface area contributed by atoms with Gasteiger partial charge in [-0.25, -0.2) is 4.90 Å². The molecular formula is C20H18BrClN2O2S. The lowest BCUT2D eigenvalue weighted by molar-refractivity contribution is -0.113. The molecule has 4 nitrogen and oxygen atoms in total. The van der Waals surface area contributed by atoms with Crippen LogP contribution in [0, 0.1) is 0 Å². The first-order chi connectivity index (χ1) is 12.9. The summed E-state index contributed by atoms with van der Waals surface area (Å²) >= 11 is 10.4. The summed E-state index contributed by atoms with van der Waals surface area (Å²) in [7, 11) is 0. The predicted octanol–water partition coefficient (Wildman–Crippen LogP) is 6.19. The zero-order chi connectivity index (χ0) is 19.6. The molecule has 7 heteroatoms. The van der Waals surface area contributed by atoms with E-state index in [0.29, 0.717) is 15.6 Å². The van der Waals surface area contributed by atoms with Gasteiger partial charge in [0.15, 0.2) is 0 Å². The van der Waals surface area contributed by atoms with E-state index in [2.05, 4.69) is 34.7 Å². The van der Waals surface area contributed by atoms with Crippen LogP contribution in [0.3, 0.4) is 0 Å². The van der Waals surface area contributed by atoms with Crippen molar-refractivity contribution in [2.24, 2.45) is 0 Å². The number of hydrogen-bond acceptors (Lipinski definition) is 4. The van der Waals surface area contributed by atoms with Gasteiger partial charge >= 0.3 is 0 Å². The number of rotatable bonds is 5. The Hall–Kier alpha value is -1.76. The van der Waals surface area contributed by atoms with Crippen LogP contribution in [0.25, 0.3) is 6.08 Å². The van der Waals surface area contributed by atoms with Gasteiger partial charge in [0.2, 0.25) is 0 Å². The average Bonchev–Trinajstić information content (AvgIpc) is 2.92. The van der Waals surface area contributed by atoms with Gasteiger partial charge < -0.3 is 4.90 Å². The zero-order valence-electron chi connectivity index (χ0n) is 14.9. The van der Waals surface area contributed by atoms with Crippen LogP contribution >= 0.6 is 39.3 Å². The van der Waals surface area contributed by atoms with Crippen molar-refractivity contribution in [3.05, 3.63) is 62.4 Å². The van der Waals surface area contributed by atoms with E-state index in [0.717, 1.165) is 40.6 Å². The van der Waals surface area contributed by atoms with Gasteiger partial charge in [0.05, 0.1) is 16.3 Å². The van der Waals surface area contributed by atoms with Gasteiger partial charge in [-0.3, -0.25) is 9.59 Å². The second-order valence-electron chi connectivity index (χ2n) is 5.88. The molecule has 0 unspecified atom stereocenters. The lowest BCUT2D eigenvalue weighted by Crippen LogP contribution is -2.27. The Bertz CT molecular complexity index is 911. The fourth-order valence-electron chi connectivity index (χ4n) is 2.87. The number of anilines is 2. The molecule has 1 aliphatic rings. The molecule has 0 radical (unpaired) electrons. The lowest BCUT2D eigenvalue weighted by Gasteiger charge is -2.22. The van der Waals surface area contributed by atoms with Gasteiger partial charge in [0.25, 0.3) is 11.1 Å². The van der Waals surface area contributed by atoms with Crippen molar-refractivity contribution >= 4 is 67.9 Å². The molecule has 3 rings (SSSR count). The second-order valence-corrected chi connectivity index (χ2v) is 8.16. The van der Waals surface area contributed by atoms with Crippen molar-refractivity contribution in [3.63, 3.8) is 0 Å². The van der Waals surface area contributed by atoms with E-state index >= 15 is 0 Å². The number of thioether (sulfide) groups is 1. The summed E-state index contributed by atoms with van der Waals surface area (Å²) in [5.41, 5.74) is 2.48. The molecule has 0 spiro atoms. The normalized spacial score (nSPS) is 15.7. The molecule has 1 saturated heterocycles. The molecule has 1 heterocycles. The van der Waals surface area contributed by atoms with Crippen molar-refractivity contribution in [2.45, 2.75) is 13.8 Å². The standard InChI is InChI=1S/C20H18BrClN2O2S/c1-3-23(4-2)17-10-5-13(11-16(17)21)12-18-19(25)24(20(26)27-18)15-8-6-14(22)7-9-15/h5-12H,3-4H2,1-2H3/b18-12+. The Labute approximate surface area is 176 Å². The highest BCUT2D eigenvalue weighted by molar-refractivity contribution is 9.10. The van der Waals surface area contributed by atoms with Crippen LogP contribution in [0.4, 0.5) is 16.2 Å². The van der Waals surface area contributed by atoms with Crippen LogP contribution in [-0.4, -0.2) is 24.2 Å². The molecule has 0 N–H and O–H groups in total. The van der Waals surface area contributed by atoms with Crippen LogP contribution in [0.5, 0.6) is 0 Å². The van der Waals surface area contributed by atoms with Gasteiger partial charge in [0, 0.05) is 22.6 Å². The molecule has 1 fully saturated rings. The molecule has 1 aliphatic heterocycles. The first-order valence-electron chi connectivity index (χ1n) is 8.52. The number of amides is 2. The van der Waals surface area contributed by atoms with E-state index < -0.39 is 0 Å². The molecule has 0 bridgehead atoms.